The highest BCUT2D eigenvalue weighted by atomic mass is 35.5. The molecule has 2 aromatic carbocycles. The highest BCUT2D eigenvalue weighted by Gasteiger charge is 2.12. The van der Waals surface area contributed by atoms with Gasteiger partial charge in [-0.1, -0.05) is 48.0 Å². The van der Waals surface area contributed by atoms with Gasteiger partial charge in [-0.05, 0) is 24.6 Å². The number of rotatable bonds is 2. The van der Waals surface area contributed by atoms with E-state index in [9.17, 15) is 0 Å². The van der Waals surface area contributed by atoms with Crippen molar-refractivity contribution >= 4 is 11.6 Å². The van der Waals surface area contributed by atoms with Crippen LogP contribution in [0.1, 0.15) is 5.56 Å². The van der Waals surface area contributed by atoms with Gasteiger partial charge in [-0.15, -0.1) is 0 Å². The summed E-state index contributed by atoms with van der Waals surface area (Å²) in [5.41, 5.74) is 3.18. The van der Waals surface area contributed by atoms with Crippen molar-refractivity contribution in [1.82, 2.24) is 14.8 Å². The molecule has 20 heavy (non-hydrogen) atoms. The molecular weight excluding hydrogens is 270 g/mol. The highest BCUT2D eigenvalue weighted by Crippen LogP contribution is 2.25. The summed E-state index contributed by atoms with van der Waals surface area (Å²) < 4.78 is 1.79. The highest BCUT2D eigenvalue weighted by molar-refractivity contribution is 6.30. The Bertz CT molecular complexity index is 762. The van der Waals surface area contributed by atoms with E-state index in [1.807, 2.05) is 49.5 Å². The van der Waals surface area contributed by atoms with E-state index in [-0.39, 0.29) is 0 Å². The van der Waals surface area contributed by atoms with Crippen LogP contribution < -0.4 is 0 Å². The first-order chi connectivity index (χ1) is 9.65. The van der Waals surface area contributed by atoms with Crippen LogP contribution in [0.4, 0.5) is 0 Å². The first-order valence-electron chi connectivity index (χ1n) is 6.38. The van der Waals surface area contributed by atoms with Crippen molar-refractivity contribution in [2.24, 2.45) is 7.05 Å². The lowest BCUT2D eigenvalue weighted by Gasteiger charge is -1.99. The van der Waals surface area contributed by atoms with Gasteiger partial charge in [-0.25, -0.2) is 9.67 Å². The van der Waals surface area contributed by atoms with Crippen molar-refractivity contribution < 1.29 is 0 Å². The van der Waals surface area contributed by atoms with Gasteiger partial charge in [0.1, 0.15) is 0 Å². The Morgan fingerprint density at radius 3 is 2.60 bits per heavy atom. The van der Waals surface area contributed by atoms with Crippen LogP contribution in [-0.4, -0.2) is 14.8 Å². The molecule has 4 heteroatoms. The topological polar surface area (TPSA) is 30.7 Å². The van der Waals surface area contributed by atoms with Crippen molar-refractivity contribution in [3.05, 3.63) is 59.1 Å². The number of aromatic nitrogens is 3. The van der Waals surface area contributed by atoms with Crippen LogP contribution >= 0.6 is 11.6 Å². The second-order valence-electron chi connectivity index (χ2n) is 4.71. The summed E-state index contributed by atoms with van der Waals surface area (Å²) in [4.78, 5) is 4.65. The second kappa shape index (κ2) is 5.10. The quantitative estimate of drug-likeness (QED) is 0.708. The van der Waals surface area contributed by atoms with E-state index in [1.54, 1.807) is 4.68 Å². The molecule has 3 nitrogen and oxygen atoms in total. The molecule has 0 bridgehead atoms. The third-order valence-electron chi connectivity index (χ3n) is 3.23. The molecule has 0 aliphatic carbocycles. The molecule has 0 saturated heterocycles. The molecule has 1 heterocycles. The lowest BCUT2D eigenvalue weighted by molar-refractivity contribution is 0.777. The Balaban J connectivity index is 2.10. The minimum atomic E-state index is 0.697. The summed E-state index contributed by atoms with van der Waals surface area (Å²) in [5.74, 6) is 1.55. The van der Waals surface area contributed by atoms with E-state index in [0.717, 1.165) is 28.3 Å². The van der Waals surface area contributed by atoms with Crippen molar-refractivity contribution in [2.45, 2.75) is 6.92 Å². The molecule has 0 aliphatic heterocycles. The number of benzene rings is 2. The SMILES string of the molecule is Cc1ccccc1-c1nc(-c2cccc(Cl)c2)n(C)n1. The first kappa shape index (κ1) is 12.9. The molecule has 0 aliphatic rings. The molecule has 0 spiro atoms. The van der Waals surface area contributed by atoms with Crippen LogP contribution in [0.5, 0.6) is 0 Å². The van der Waals surface area contributed by atoms with Gasteiger partial charge in [0.15, 0.2) is 11.6 Å². The Hall–Kier alpha value is -2.13. The van der Waals surface area contributed by atoms with E-state index >= 15 is 0 Å². The van der Waals surface area contributed by atoms with E-state index in [2.05, 4.69) is 23.1 Å². The molecule has 3 aromatic rings. The van der Waals surface area contributed by atoms with Crippen molar-refractivity contribution in [1.29, 1.82) is 0 Å². The van der Waals surface area contributed by atoms with E-state index in [1.165, 1.54) is 0 Å². The second-order valence-corrected chi connectivity index (χ2v) is 5.14. The maximum Gasteiger partial charge on any atom is 0.182 e. The van der Waals surface area contributed by atoms with Crippen LogP contribution in [0.25, 0.3) is 22.8 Å². The third-order valence-corrected chi connectivity index (χ3v) is 3.47. The predicted octanol–water partition coefficient (Wildman–Crippen LogP) is 4.11. The van der Waals surface area contributed by atoms with Gasteiger partial charge >= 0.3 is 0 Å². The fourth-order valence-corrected chi connectivity index (χ4v) is 2.39. The summed E-state index contributed by atoms with van der Waals surface area (Å²) in [7, 11) is 1.89. The van der Waals surface area contributed by atoms with Gasteiger partial charge in [0.25, 0.3) is 0 Å². The lowest BCUT2D eigenvalue weighted by atomic mass is 10.1. The van der Waals surface area contributed by atoms with Gasteiger partial charge in [-0.2, -0.15) is 5.10 Å². The maximum absolute atomic E-state index is 6.04. The Morgan fingerprint density at radius 1 is 1.05 bits per heavy atom. The van der Waals surface area contributed by atoms with Gasteiger partial charge in [-0.3, -0.25) is 0 Å². The Kier molecular flexibility index (Phi) is 3.28. The molecule has 0 amide bonds. The van der Waals surface area contributed by atoms with Crippen LogP contribution in [0, 0.1) is 6.92 Å². The standard InChI is InChI=1S/C16H14ClN3/c1-11-6-3-4-9-14(11)15-18-16(20(2)19-15)12-7-5-8-13(17)10-12/h3-10H,1-2H3. The fraction of sp³-hybridized carbons (Fsp3) is 0.125. The van der Waals surface area contributed by atoms with Crippen molar-refractivity contribution in [3.8, 4) is 22.8 Å². The Labute approximate surface area is 122 Å². The van der Waals surface area contributed by atoms with Crippen LogP contribution in [0.2, 0.25) is 5.02 Å². The lowest BCUT2D eigenvalue weighted by Crippen LogP contribution is -1.94. The number of aryl methyl sites for hydroxylation is 2. The smallest absolute Gasteiger partial charge is 0.182 e. The van der Waals surface area contributed by atoms with Gasteiger partial charge < -0.3 is 0 Å². The summed E-state index contributed by atoms with van der Waals surface area (Å²) in [5, 5.41) is 5.21. The Morgan fingerprint density at radius 2 is 1.85 bits per heavy atom. The van der Waals surface area contributed by atoms with Crippen molar-refractivity contribution in [2.75, 3.05) is 0 Å². The molecule has 3 rings (SSSR count). The summed E-state index contributed by atoms with van der Waals surface area (Å²) >= 11 is 6.04. The zero-order valence-electron chi connectivity index (χ0n) is 11.3. The van der Waals surface area contributed by atoms with Gasteiger partial charge in [0.2, 0.25) is 0 Å². The van der Waals surface area contributed by atoms with E-state index in [4.69, 9.17) is 11.6 Å². The van der Waals surface area contributed by atoms with Gasteiger partial charge in [0.05, 0.1) is 0 Å². The predicted molar refractivity (Wildman–Crippen MR) is 81.6 cm³/mol. The van der Waals surface area contributed by atoms with Crippen LogP contribution in [-0.2, 0) is 7.05 Å². The van der Waals surface area contributed by atoms with E-state index in [0.29, 0.717) is 5.02 Å². The first-order valence-corrected chi connectivity index (χ1v) is 6.76. The molecule has 1 aromatic heterocycles. The van der Waals surface area contributed by atoms with Crippen LogP contribution in [0.3, 0.4) is 0 Å². The van der Waals surface area contributed by atoms with Crippen LogP contribution in [0.15, 0.2) is 48.5 Å². The third kappa shape index (κ3) is 2.32. The molecule has 0 N–H and O–H groups in total. The minimum Gasteiger partial charge on any atom is -0.248 e. The molecular formula is C16H14ClN3. The maximum atomic E-state index is 6.04. The zero-order chi connectivity index (χ0) is 14.1. The fourth-order valence-electron chi connectivity index (χ4n) is 2.20. The normalized spacial score (nSPS) is 10.8. The minimum absolute atomic E-state index is 0.697. The van der Waals surface area contributed by atoms with Crippen molar-refractivity contribution in [3.63, 3.8) is 0 Å². The number of nitrogens with zero attached hydrogens (tertiary/aromatic N) is 3. The molecule has 0 atom stereocenters. The number of halogens is 1. The molecule has 0 radical (unpaired) electrons. The molecule has 0 fully saturated rings. The number of hydrogen-bond acceptors (Lipinski definition) is 2. The molecule has 0 unspecified atom stereocenters. The van der Waals surface area contributed by atoms with Gasteiger partial charge in [0, 0.05) is 23.2 Å². The zero-order valence-corrected chi connectivity index (χ0v) is 12.1. The molecule has 0 saturated carbocycles. The summed E-state index contributed by atoms with van der Waals surface area (Å²) in [6.07, 6.45) is 0. The molecule has 100 valence electrons. The largest absolute Gasteiger partial charge is 0.248 e. The van der Waals surface area contributed by atoms with E-state index < -0.39 is 0 Å². The summed E-state index contributed by atoms with van der Waals surface area (Å²) in [6, 6.07) is 15.8. The summed E-state index contributed by atoms with van der Waals surface area (Å²) in [6.45, 7) is 2.06. The average Bonchev–Trinajstić information content (AvgIpc) is 2.81. The number of hydrogen-bond donors (Lipinski definition) is 0. The monoisotopic (exact) mass is 283 g/mol. The average molecular weight is 284 g/mol.